The van der Waals surface area contributed by atoms with E-state index >= 15 is 0 Å². The van der Waals surface area contributed by atoms with Gasteiger partial charge >= 0.3 is 0 Å². The van der Waals surface area contributed by atoms with Gasteiger partial charge in [0, 0.05) is 23.9 Å². The average Bonchev–Trinajstić information content (AvgIpc) is 3.35. The van der Waals surface area contributed by atoms with E-state index in [1.54, 1.807) is 7.11 Å². The molecular weight excluding hydrogens is 388 g/mol. The molecule has 148 valence electrons. The zero-order chi connectivity index (χ0) is 20.1. The number of nitrogens with one attached hydrogen (secondary N) is 1. The van der Waals surface area contributed by atoms with Crippen molar-refractivity contribution < 1.29 is 14.3 Å². The quantitative estimate of drug-likeness (QED) is 0.484. The van der Waals surface area contributed by atoms with Gasteiger partial charge in [0.25, 0.3) is 5.91 Å². The molecule has 7 nitrogen and oxygen atoms in total. The van der Waals surface area contributed by atoms with Crippen LogP contribution in [0.1, 0.15) is 5.69 Å². The monoisotopic (exact) mass is 408 g/mol. The highest BCUT2D eigenvalue weighted by molar-refractivity contribution is 7.15. The first kappa shape index (κ1) is 18.9. The molecule has 0 spiro atoms. The molecule has 2 heterocycles. The van der Waals surface area contributed by atoms with Crippen LogP contribution in [0.15, 0.2) is 60.0 Å². The van der Waals surface area contributed by atoms with E-state index in [2.05, 4.69) is 15.4 Å². The Morgan fingerprint density at radius 1 is 1.10 bits per heavy atom. The predicted molar refractivity (Wildman–Crippen MR) is 112 cm³/mol. The minimum Gasteiger partial charge on any atom is -0.497 e. The van der Waals surface area contributed by atoms with Crippen LogP contribution in [0.3, 0.4) is 0 Å². The van der Waals surface area contributed by atoms with Crippen molar-refractivity contribution in [1.29, 1.82) is 0 Å². The third-order valence-corrected chi connectivity index (χ3v) is 5.18. The Morgan fingerprint density at radius 2 is 1.90 bits per heavy atom. The lowest BCUT2D eigenvalue weighted by atomic mass is 10.2. The number of nitrogens with zero attached hydrogens (tertiary/aromatic N) is 3. The largest absolute Gasteiger partial charge is 0.497 e. The topological polar surface area (TPSA) is 77.8 Å². The van der Waals surface area contributed by atoms with Gasteiger partial charge in [-0.05, 0) is 36.4 Å². The molecule has 1 N–H and O–H groups in total. The first-order valence-corrected chi connectivity index (χ1v) is 10.0. The van der Waals surface area contributed by atoms with Gasteiger partial charge in [-0.3, -0.25) is 4.79 Å². The van der Waals surface area contributed by atoms with Crippen LogP contribution in [0.25, 0.3) is 16.3 Å². The van der Waals surface area contributed by atoms with E-state index < -0.39 is 0 Å². The van der Waals surface area contributed by atoms with Crippen LogP contribution in [0.2, 0.25) is 0 Å². The van der Waals surface area contributed by atoms with Crippen molar-refractivity contribution in [2.75, 3.05) is 20.3 Å². The number of thiazole rings is 1. The molecular formula is C21H20N4O3S. The molecule has 0 aliphatic heterocycles. The Labute approximate surface area is 171 Å². The van der Waals surface area contributed by atoms with Gasteiger partial charge in [-0.25, -0.2) is 4.52 Å². The number of carbonyl (C=O) groups excluding carboxylic acids is 1. The standard InChI is InChI=1S/C21H20N4O3S/c1-27-17-9-7-15(8-10-17)20-23-21-25(24-20)16(14-29-21)11-12-22-19(26)13-28-18-5-3-2-4-6-18/h2-10,14H,11-13H2,1H3,(H,22,26). The fourth-order valence-electron chi connectivity index (χ4n) is 2.81. The number of aromatic nitrogens is 3. The number of methoxy groups -OCH3 is 1. The normalized spacial score (nSPS) is 10.8. The summed E-state index contributed by atoms with van der Waals surface area (Å²) in [5, 5.41) is 9.50. The molecule has 29 heavy (non-hydrogen) atoms. The van der Waals surface area contributed by atoms with Gasteiger partial charge in [0.2, 0.25) is 4.96 Å². The van der Waals surface area contributed by atoms with Crippen LogP contribution in [-0.4, -0.2) is 40.8 Å². The Kier molecular flexibility index (Phi) is 5.71. The highest BCUT2D eigenvalue weighted by Gasteiger charge is 2.12. The minimum absolute atomic E-state index is 0.00595. The lowest BCUT2D eigenvalue weighted by molar-refractivity contribution is -0.123. The van der Waals surface area contributed by atoms with Gasteiger partial charge in [0.05, 0.1) is 12.8 Å². The van der Waals surface area contributed by atoms with Crippen LogP contribution in [-0.2, 0) is 11.2 Å². The molecule has 0 atom stereocenters. The van der Waals surface area contributed by atoms with Crippen molar-refractivity contribution in [2.45, 2.75) is 6.42 Å². The SMILES string of the molecule is COc1ccc(-c2nc3scc(CCNC(=O)COc4ccccc4)n3n2)cc1. The third-order valence-electron chi connectivity index (χ3n) is 4.31. The number of rotatable bonds is 8. The lowest BCUT2D eigenvalue weighted by Gasteiger charge is -2.07. The summed E-state index contributed by atoms with van der Waals surface area (Å²) in [7, 11) is 1.64. The van der Waals surface area contributed by atoms with Crippen molar-refractivity contribution >= 4 is 22.2 Å². The van der Waals surface area contributed by atoms with Crippen LogP contribution in [0, 0.1) is 0 Å². The van der Waals surface area contributed by atoms with Crippen molar-refractivity contribution in [3.8, 4) is 22.9 Å². The summed E-state index contributed by atoms with van der Waals surface area (Å²) in [6.45, 7) is 0.495. The molecule has 0 bridgehead atoms. The number of ether oxygens (including phenoxy) is 2. The molecule has 0 saturated carbocycles. The highest BCUT2D eigenvalue weighted by atomic mass is 32.1. The van der Waals surface area contributed by atoms with E-state index in [0.29, 0.717) is 24.5 Å². The number of amides is 1. The third kappa shape index (κ3) is 4.55. The van der Waals surface area contributed by atoms with E-state index in [0.717, 1.165) is 22.0 Å². The lowest BCUT2D eigenvalue weighted by Crippen LogP contribution is -2.30. The Bertz CT molecular complexity index is 1090. The zero-order valence-electron chi connectivity index (χ0n) is 15.9. The number of para-hydroxylation sites is 1. The Morgan fingerprint density at radius 3 is 2.66 bits per heavy atom. The first-order chi connectivity index (χ1) is 14.2. The van der Waals surface area contributed by atoms with Crippen molar-refractivity contribution in [3.63, 3.8) is 0 Å². The predicted octanol–water partition coefficient (Wildman–Crippen LogP) is 3.20. The molecule has 4 aromatic rings. The Hall–Kier alpha value is -3.39. The van der Waals surface area contributed by atoms with Gasteiger partial charge in [0.1, 0.15) is 11.5 Å². The summed E-state index contributed by atoms with van der Waals surface area (Å²) in [5.74, 6) is 1.98. The van der Waals surface area contributed by atoms with Crippen LogP contribution >= 0.6 is 11.3 Å². The number of carbonyl (C=O) groups is 1. The second kappa shape index (κ2) is 8.74. The number of fused-ring (bicyclic) bond motifs is 1. The summed E-state index contributed by atoms with van der Waals surface area (Å²) >= 11 is 1.53. The summed E-state index contributed by atoms with van der Waals surface area (Å²) in [5.41, 5.74) is 1.93. The highest BCUT2D eigenvalue weighted by Crippen LogP contribution is 2.23. The Balaban J connectivity index is 1.33. The van der Waals surface area contributed by atoms with E-state index in [4.69, 9.17) is 9.47 Å². The second-order valence-electron chi connectivity index (χ2n) is 6.29. The van der Waals surface area contributed by atoms with Gasteiger partial charge < -0.3 is 14.8 Å². The van der Waals surface area contributed by atoms with Gasteiger partial charge in [-0.15, -0.1) is 16.4 Å². The van der Waals surface area contributed by atoms with Crippen molar-refractivity contribution in [2.24, 2.45) is 0 Å². The second-order valence-corrected chi connectivity index (χ2v) is 7.12. The molecule has 0 aliphatic rings. The van der Waals surface area contributed by atoms with E-state index in [9.17, 15) is 4.79 Å². The molecule has 0 fully saturated rings. The molecule has 1 amide bonds. The summed E-state index contributed by atoms with van der Waals surface area (Å²) in [6.07, 6.45) is 0.655. The summed E-state index contributed by atoms with van der Waals surface area (Å²) in [4.78, 5) is 17.4. The maximum absolute atomic E-state index is 12.0. The zero-order valence-corrected chi connectivity index (χ0v) is 16.7. The molecule has 0 aliphatic carbocycles. The van der Waals surface area contributed by atoms with E-state index in [1.165, 1.54) is 11.3 Å². The number of benzene rings is 2. The van der Waals surface area contributed by atoms with Crippen LogP contribution < -0.4 is 14.8 Å². The van der Waals surface area contributed by atoms with Crippen LogP contribution in [0.5, 0.6) is 11.5 Å². The molecule has 2 aromatic heterocycles. The van der Waals surface area contributed by atoms with Gasteiger partial charge in [-0.1, -0.05) is 18.2 Å². The van der Waals surface area contributed by atoms with Crippen molar-refractivity contribution in [3.05, 3.63) is 65.7 Å². The molecule has 0 saturated heterocycles. The molecule has 4 rings (SSSR count). The molecule has 0 radical (unpaired) electrons. The maximum Gasteiger partial charge on any atom is 0.257 e. The smallest absolute Gasteiger partial charge is 0.257 e. The first-order valence-electron chi connectivity index (χ1n) is 9.15. The summed E-state index contributed by atoms with van der Waals surface area (Å²) < 4.78 is 12.5. The number of hydrogen-bond donors (Lipinski definition) is 1. The minimum atomic E-state index is -0.155. The fourth-order valence-corrected chi connectivity index (χ4v) is 3.66. The fraction of sp³-hybridized carbons (Fsp3) is 0.190. The molecule has 8 heteroatoms. The van der Waals surface area contributed by atoms with E-state index in [-0.39, 0.29) is 12.5 Å². The van der Waals surface area contributed by atoms with Crippen molar-refractivity contribution in [1.82, 2.24) is 19.9 Å². The molecule has 2 aromatic carbocycles. The van der Waals surface area contributed by atoms with Gasteiger partial charge in [-0.2, -0.15) is 4.98 Å². The molecule has 0 unspecified atom stereocenters. The summed E-state index contributed by atoms with van der Waals surface area (Å²) in [6, 6.07) is 16.9. The maximum atomic E-state index is 12.0. The van der Waals surface area contributed by atoms with Crippen LogP contribution in [0.4, 0.5) is 0 Å². The average molecular weight is 408 g/mol. The number of hydrogen-bond acceptors (Lipinski definition) is 6. The van der Waals surface area contributed by atoms with Gasteiger partial charge in [0.15, 0.2) is 12.4 Å². The van der Waals surface area contributed by atoms with E-state index in [1.807, 2.05) is 64.5 Å².